The molecule has 2 aromatic rings. The Morgan fingerprint density at radius 2 is 2.14 bits per heavy atom. The molecule has 1 fully saturated rings. The zero-order valence-electron chi connectivity index (χ0n) is 12.3. The number of rotatable bonds is 4. The Morgan fingerprint density at radius 3 is 2.90 bits per heavy atom. The van der Waals surface area contributed by atoms with Crippen molar-refractivity contribution < 1.29 is 9.52 Å². The maximum atomic E-state index is 10.9. The van der Waals surface area contributed by atoms with Gasteiger partial charge in [-0.2, -0.15) is 0 Å². The zero-order valence-corrected chi connectivity index (χ0v) is 12.3. The molecule has 0 aliphatic carbocycles. The summed E-state index contributed by atoms with van der Waals surface area (Å²) in [5.74, 6) is 0.864. The Morgan fingerprint density at radius 1 is 1.29 bits per heavy atom. The van der Waals surface area contributed by atoms with E-state index in [9.17, 15) is 5.11 Å². The minimum absolute atomic E-state index is 0.681. The molecule has 1 N–H and O–H groups in total. The minimum Gasteiger partial charge on any atom is -0.465 e. The van der Waals surface area contributed by atoms with Crippen LogP contribution >= 0.6 is 0 Å². The summed E-state index contributed by atoms with van der Waals surface area (Å²) >= 11 is 0. The summed E-state index contributed by atoms with van der Waals surface area (Å²) in [6.07, 6.45) is 6.52. The van der Waals surface area contributed by atoms with Crippen LogP contribution in [0.1, 0.15) is 23.3 Å². The molecule has 3 rings (SSSR count). The third-order valence-electron chi connectivity index (χ3n) is 4.16. The van der Waals surface area contributed by atoms with Crippen molar-refractivity contribution in [1.29, 1.82) is 0 Å². The normalized spacial score (nSPS) is 23.1. The fourth-order valence-electron chi connectivity index (χ4n) is 3.05. The second-order valence-corrected chi connectivity index (χ2v) is 5.75. The summed E-state index contributed by atoms with van der Waals surface area (Å²) in [5.41, 5.74) is 1.50. The highest BCUT2D eigenvalue weighted by Crippen LogP contribution is 2.33. The number of aryl methyl sites for hydroxylation is 1. The number of aliphatic hydroxyl groups is 1. The van der Waals surface area contributed by atoms with Gasteiger partial charge < -0.3 is 9.52 Å². The largest absolute Gasteiger partial charge is 0.465 e. The third kappa shape index (κ3) is 3.09. The molecular formula is C18H21NO2. The molecule has 1 aliphatic heterocycles. The topological polar surface area (TPSA) is 36.6 Å². The van der Waals surface area contributed by atoms with Crippen molar-refractivity contribution >= 4 is 6.08 Å². The lowest BCUT2D eigenvalue weighted by Gasteiger charge is -2.25. The molecule has 3 nitrogen and oxygen atoms in total. The molecule has 0 bridgehead atoms. The first-order valence-electron chi connectivity index (χ1n) is 7.38. The van der Waals surface area contributed by atoms with Gasteiger partial charge in [-0.3, -0.25) is 4.90 Å². The van der Waals surface area contributed by atoms with Gasteiger partial charge in [-0.1, -0.05) is 30.3 Å². The summed E-state index contributed by atoms with van der Waals surface area (Å²) in [6, 6.07) is 11.9. The molecule has 2 heterocycles. The number of furan rings is 1. The van der Waals surface area contributed by atoms with Gasteiger partial charge in [0.25, 0.3) is 0 Å². The van der Waals surface area contributed by atoms with E-state index in [1.165, 1.54) is 0 Å². The fraction of sp³-hybridized carbons (Fsp3) is 0.333. The number of nitrogens with zero attached hydrogens (tertiary/aromatic N) is 1. The average Bonchev–Trinajstić information content (AvgIpc) is 3.10. The zero-order chi connectivity index (χ0) is 14.7. The maximum absolute atomic E-state index is 10.9. The molecular weight excluding hydrogens is 262 g/mol. The van der Waals surface area contributed by atoms with Gasteiger partial charge in [0, 0.05) is 19.6 Å². The highest BCUT2D eigenvalue weighted by Gasteiger charge is 2.37. The monoisotopic (exact) mass is 283 g/mol. The number of hydrogen-bond donors (Lipinski definition) is 1. The molecule has 21 heavy (non-hydrogen) atoms. The van der Waals surface area contributed by atoms with Crippen molar-refractivity contribution in [2.45, 2.75) is 18.9 Å². The predicted octanol–water partition coefficient (Wildman–Crippen LogP) is 3.19. The highest BCUT2D eigenvalue weighted by atomic mass is 16.3. The number of likely N-dealkylation sites (tertiary alicyclic amines) is 1. The Hall–Kier alpha value is -1.84. The first-order valence-corrected chi connectivity index (χ1v) is 7.38. The molecule has 1 atom stereocenters. The quantitative estimate of drug-likeness (QED) is 0.936. The molecule has 1 aromatic carbocycles. The summed E-state index contributed by atoms with van der Waals surface area (Å²) in [6.45, 7) is 4.48. The summed E-state index contributed by atoms with van der Waals surface area (Å²) < 4.78 is 5.27. The van der Waals surface area contributed by atoms with E-state index in [4.69, 9.17) is 4.42 Å². The molecule has 0 unspecified atom stereocenters. The van der Waals surface area contributed by atoms with Crippen molar-refractivity contribution in [1.82, 2.24) is 4.90 Å². The van der Waals surface area contributed by atoms with Crippen molar-refractivity contribution in [3.63, 3.8) is 0 Å². The van der Waals surface area contributed by atoms with Crippen LogP contribution in [0, 0.1) is 6.92 Å². The Balaban J connectivity index is 1.64. The van der Waals surface area contributed by atoms with E-state index >= 15 is 0 Å². The molecule has 1 aromatic heterocycles. The van der Waals surface area contributed by atoms with E-state index in [1.54, 1.807) is 6.26 Å². The van der Waals surface area contributed by atoms with E-state index in [2.05, 4.69) is 24.0 Å². The number of benzene rings is 1. The molecule has 110 valence electrons. The number of β-amino-alcohol motifs (C(OH)–C–C–N with tert-alkyl or cyclic N) is 1. The minimum atomic E-state index is -0.718. The van der Waals surface area contributed by atoms with Crippen molar-refractivity contribution in [3.8, 4) is 0 Å². The second kappa shape index (κ2) is 5.88. The Labute approximate surface area is 125 Å². The third-order valence-corrected chi connectivity index (χ3v) is 4.16. The van der Waals surface area contributed by atoms with Crippen LogP contribution in [0.25, 0.3) is 6.08 Å². The first-order chi connectivity index (χ1) is 10.2. The van der Waals surface area contributed by atoms with E-state index in [-0.39, 0.29) is 0 Å². The van der Waals surface area contributed by atoms with Crippen LogP contribution in [0.15, 0.2) is 53.2 Å². The van der Waals surface area contributed by atoms with Crippen LogP contribution in [0.2, 0.25) is 0 Å². The van der Waals surface area contributed by atoms with Crippen LogP contribution in [0.5, 0.6) is 0 Å². The second-order valence-electron chi connectivity index (χ2n) is 5.75. The van der Waals surface area contributed by atoms with Gasteiger partial charge in [-0.15, -0.1) is 0 Å². The molecule has 3 heteroatoms. The molecule has 1 saturated heterocycles. The summed E-state index contributed by atoms with van der Waals surface area (Å²) in [5, 5.41) is 10.9. The molecule has 0 amide bonds. The van der Waals surface area contributed by atoms with E-state index in [0.717, 1.165) is 36.4 Å². The SMILES string of the molecule is Cc1ccccc1[C@]1(O)CCN(C/C=C/c2ccco2)C1. The smallest absolute Gasteiger partial charge is 0.126 e. The van der Waals surface area contributed by atoms with E-state index in [1.807, 2.05) is 36.4 Å². The van der Waals surface area contributed by atoms with Gasteiger partial charge in [-0.25, -0.2) is 0 Å². The molecule has 0 saturated carbocycles. The molecule has 1 aliphatic rings. The summed E-state index contributed by atoms with van der Waals surface area (Å²) in [7, 11) is 0. The van der Waals surface area contributed by atoms with Crippen LogP contribution in [-0.4, -0.2) is 29.6 Å². The average molecular weight is 283 g/mol. The first kappa shape index (κ1) is 14.1. The van der Waals surface area contributed by atoms with Crippen LogP contribution in [0.3, 0.4) is 0 Å². The molecule has 0 radical (unpaired) electrons. The van der Waals surface area contributed by atoms with Gasteiger partial charge >= 0.3 is 0 Å². The Kier molecular flexibility index (Phi) is 3.95. The summed E-state index contributed by atoms with van der Waals surface area (Å²) in [4.78, 5) is 2.27. The Bertz CT molecular complexity index is 618. The van der Waals surface area contributed by atoms with Gasteiger partial charge in [0.2, 0.25) is 0 Å². The lowest BCUT2D eigenvalue weighted by molar-refractivity contribution is 0.0468. The van der Waals surface area contributed by atoms with E-state index < -0.39 is 5.60 Å². The highest BCUT2D eigenvalue weighted by molar-refractivity contribution is 5.42. The van der Waals surface area contributed by atoms with Crippen molar-refractivity contribution in [3.05, 3.63) is 65.6 Å². The standard InChI is InChI=1S/C18H21NO2/c1-15-6-2-3-9-17(15)18(20)10-12-19(14-18)11-4-7-16-8-5-13-21-16/h2-9,13,20H,10-12,14H2,1H3/b7-4+/t18-/m0/s1. The van der Waals surface area contributed by atoms with E-state index in [0.29, 0.717) is 6.54 Å². The van der Waals surface area contributed by atoms with Gasteiger partial charge in [-0.05, 0) is 42.7 Å². The van der Waals surface area contributed by atoms with Gasteiger partial charge in [0.05, 0.1) is 6.26 Å². The van der Waals surface area contributed by atoms with Crippen molar-refractivity contribution in [2.24, 2.45) is 0 Å². The fourth-order valence-corrected chi connectivity index (χ4v) is 3.05. The van der Waals surface area contributed by atoms with Crippen LogP contribution in [-0.2, 0) is 5.60 Å². The van der Waals surface area contributed by atoms with Crippen LogP contribution in [0.4, 0.5) is 0 Å². The predicted molar refractivity (Wildman–Crippen MR) is 83.9 cm³/mol. The maximum Gasteiger partial charge on any atom is 0.126 e. The lowest BCUT2D eigenvalue weighted by atomic mass is 9.89. The van der Waals surface area contributed by atoms with Gasteiger partial charge in [0.1, 0.15) is 11.4 Å². The molecule has 0 spiro atoms. The lowest BCUT2D eigenvalue weighted by Crippen LogP contribution is -2.31. The van der Waals surface area contributed by atoms with Crippen LogP contribution < -0.4 is 0 Å². The van der Waals surface area contributed by atoms with Crippen molar-refractivity contribution in [2.75, 3.05) is 19.6 Å². The van der Waals surface area contributed by atoms with Gasteiger partial charge in [0.15, 0.2) is 0 Å². The number of hydrogen-bond acceptors (Lipinski definition) is 3.